The Morgan fingerprint density at radius 1 is 1.25 bits per heavy atom. The fourth-order valence-corrected chi connectivity index (χ4v) is 4.66. The van der Waals surface area contributed by atoms with Crippen LogP contribution in [-0.4, -0.2) is 58.3 Å². The van der Waals surface area contributed by atoms with E-state index < -0.39 is 6.04 Å². The Kier molecular flexibility index (Phi) is 5.41. The van der Waals surface area contributed by atoms with E-state index in [1.807, 2.05) is 12.3 Å². The third-order valence-electron chi connectivity index (χ3n) is 5.29. The summed E-state index contributed by atoms with van der Waals surface area (Å²) in [5.74, 6) is -0.286. The summed E-state index contributed by atoms with van der Waals surface area (Å²) in [5.41, 5.74) is 1.71. The summed E-state index contributed by atoms with van der Waals surface area (Å²) in [7, 11) is 0. The van der Waals surface area contributed by atoms with Crippen molar-refractivity contribution >= 4 is 23.2 Å². The normalized spacial score (nSPS) is 22.9. The van der Waals surface area contributed by atoms with Gasteiger partial charge in [0.15, 0.2) is 0 Å². The van der Waals surface area contributed by atoms with Crippen molar-refractivity contribution in [2.45, 2.75) is 38.4 Å². The lowest BCUT2D eigenvalue weighted by molar-refractivity contribution is -0.153. The molecule has 2 aliphatic heterocycles. The zero-order valence-electron chi connectivity index (χ0n) is 15.7. The van der Waals surface area contributed by atoms with Gasteiger partial charge in [0.1, 0.15) is 22.9 Å². The molecule has 28 heavy (non-hydrogen) atoms. The minimum Gasteiger partial charge on any atom is -0.342 e. The van der Waals surface area contributed by atoms with Crippen LogP contribution in [0.1, 0.15) is 24.8 Å². The largest absolute Gasteiger partial charge is 0.342 e. The number of nitrogens with one attached hydrogen (secondary N) is 1. The van der Waals surface area contributed by atoms with Crippen LogP contribution in [0.5, 0.6) is 0 Å². The van der Waals surface area contributed by atoms with E-state index in [0.29, 0.717) is 26.1 Å². The van der Waals surface area contributed by atoms with Crippen molar-refractivity contribution in [2.75, 3.05) is 19.6 Å². The summed E-state index contributed by atoms with van der Waals surface area (Å²) in [5, 5.41) is 5.79. The molecule has 2 atom stereocenters. The lowest BCUT2D eigenvalue weighted by atomic mass is 10.0. The van der Waals surface area contributed by atoms with Crippen LogP contribution in [0, 0.1) is 5.82 Å². The summed E-state index contributed by atoms with van der Waals surface area (Å²) in [4.78, 5) is 33.7. The van der Waals surface area contributed by atoms with Crippen LogP contribution in [0.2, 0.25) is 0 Å². The molecular weight excluding hydrogens is 379 g/mol. The maximum absolute atomic E-state index is 13.1. The van der Waals surface area contributed by atoms with E-state index in [1.54, 1.807) is 28.4 Å². The minimum absolute atomic E-state index is 0.0407. The van der Waals surface area contributed by atoms with Crippen molar-refractivity contribution in [1.29, 1.82) is 0 Å². The van der Waals surface area contributed by atoms with Gasteiger partial charge in [-0.3, -0.25) is 14.5 Å². The summed E-state index contributed by atoms with van der Waals surface area (Å²) in [6.07, 6.45) is 1.55. The molecule has 3 heterocycles. The number of aromatic nitrogens is 1. The highest BCUT2D eigenvalue weighted by molar-refractivity contribution is 7.09. The zero-order valence-corrected chi connectivity index (χ0v) is 16.5. The van der Waals surface area contributed by atoms with Crippen molar-refractivity contribution < 1.29 is 14.0 Å². The molecule has 148 valence electrons. The van der Waals surface area contributed by atoms with Gasteiger partial charge < -0.3 is 10.2 Å². The molecule has 2 saturated heterocycles. The number of benzene rings is 1. The third-order valence-corrected chi connectivity index (χ3v) is 6.13. The predicted octanol–water partition coefficient (Wildman–Crippen LogP) is 2.26. The SMILES string of the molecule is CCC[C@@H]1NC(=O)[C@H]2CN(Cc3nc(-c4ccc(F)cc4)cs3)CCN2C1=O. The predicted molar refractivity (Wildman–Crippen MR) is 105 cm³/mol. The van der Waals surface area contributed by atoms with Crippen LogP contribution < -0.4 is 5.32 Å². The first-order valence-electron chi connectivity index (χ1n) is 9.58. The van der Waals surface area contributed by atoms with Gasteiger partial charge in [0.2, 0.25) is 11.8 Å². The monoisotopic (exact) mass is 402 g/mol. The van der Waals surface area contributed by atoms with Crippen LogP contribution in [0.25, 0.3) is 11.3 Å². The van der Waals surface area contributed by atoms with Crippen LogP contribution in [-0.2, 0) is 16.1 Å². The number of nitrogens with zero attached hydrogens (tertiary/aromatic N) is 3. The molecule has 0 spiro atoms. The first-order chi connectivity index (χ1) is 13.5. The number of rotatable bonds is 5. The Morgan fingerprint density at radius 3 is 2.79 bits per heavy atom. The lowest BCUT2D eigenvalue weighted by Gasteiger charge is -2.45. The molecular formula is C20H23FN4O2S. The maximum Gasteiger partial charge on any atom is 0.245 e. The molecule has 0 radical (unpaired) electrons. The van der Waals surface area contributed by atoms with E-state index in [0.717, 1.165) is 29.2 Å². The van der Waals surface area contributed by atoms with Crippen LogP contribution in [0.15, 0.2) is 29.6 Å². The van der Waals surface area contributed by atoms with E-state index in [2.05, 4.69) is 15.2 Å². The molecule has 0 bridgehead atoms. The Hall–Kier alpha value is -2.32. The average Bonchev–Trinajstić information content (AvgIpc) is 3.15. The maximum atomic E-state index is 13.1. The highest BCUT2D eigenvalue weighted by atomic mass is 32.1. The van der Waals surface area contributed by atoms with Crippen LogP contribution in [0.3, 0.4) is 0 Å². The number of amides is 2. The summed E-state index contributed by atoms with van der Waals surface area (Å²) >= 11 is 1.55. The second-order valence-electron chi connectivity index (χ2n) is 7.27. The van der Waals surface area contributed by atoms with E-state index >= 15 is 0 Å². The number of carbonyl (C=O) groups is 2. The second-order valence-corrected chi connectivity index (χ2v) is 8.21. The fourth-order valence-electron chi connectivity index (χ4n) is 3.81. The molecule has 0 saturated carbocycles. The number of hydrogen-bond donors (Lipinski definition) is 1. The van der Waals surface area contributed by atoms with Gasteiger partial charge in [-0.15, -0.1) is 11.3 Å². The molecule has 6 nitrogen and oxygen atoms in total. The van der Waals surface area contributed by atoms with Crippen molar-refractivity contribution in [1.82, 2.24) is 20.1 Å². The molecule has 2 aliphatic rings. The van der Waals surface area contributed by atoms with Gasteiger partial charge >= 0.3 is 0 Å². The van der Waals surface area contributed by atoms with Gasteiger partial charge in [0.05, 0.1) is 12.2 Å². The molecule has 2 amide bonds. The van der Waals surface area contributed by atoms with Crippen molar-refractivity contribution in [3.8, 4) is 11.3 Å². The van der Waals surface area contributed by atoms with Crippen LogP contribution >= 0.6 is 11.3 Å². The Labute approximate surface area is 167 Å². The number of fused-ring (bicyclic) bond motifs is 1. The fraction of sp³-hybridized carbons (Fsp3) is 0.450. The zero-order chi connectivity index (χ0) is 19.7. The molecule has 2 fully saturated rings. The number of halogens is 1. The number of hydrogen-bond acceptors (Lipinski definition) is 5. The quantitative estimate of drug-likeness (QED) is 0.833. The van der Waals surface area contributed by atoms with Crippen molar-refractivity contribution in [2.24, 2.45) is 0 Å². The molecule has 2 aromatic rings. The van der Waals surface area contributed by atoms with Gasteiger partial charge in [0, 0.05) is 30.6 Å². The van der Waals surface area contributed by atoms with E-state index in [1.165, 1.54) is 12.1 Å². The molecule has 0 unspecified atom stereocenters. The van der Waals surface area contributed by atoms with Crippen molar-refractivity contribution in [3.05, 3.63) is 40.5 Å². The molecule has 1 N–H and O–H groups in total. The summed E-state index contributed by atoms with van der Waals surface area (Å²) < 4.78 is 13.1. The molecule has 1 aromatic carbocycles. The van der Waals surface area contributed by atoms with Crippen LogP contribution in [0.4, 0.5) is 4.39 Å². The lowest BCUT2D eigenvalue weighted by Crippen LogP contribution is -2.69. The molecule has 0 aliphatic carbocycles. The smallest absolute Gasteiger partial charge is 0.245 e. The molecule has 1 aromatic heterocycles. The number of piperazine rings is 2. The average molecular weight is 402 g/mol. The van der Waals surface area contributed by atoms with E-state index in [-0.39, 0.29) is 23.7 Å². The topological polar surface area (TPSA) is 65.5 Å². The standard InChI is InChI=1S/C20H23FN4O2S/c1-2-3-15-20(27)25-9-8-24(10-17(25)19(26)23-15)11-18-22-16(12-28-18)13-4-6-14(21)7-5-13/h4-7,12,15,17H,2-3,8-11H2,1H3,(H,23,26)/t15-,17+/m0/s1. The minimum atomic E-state index is -0.425. The Balaban J connectivity index is 1.41. The summed E-state index contributed by atoms with van der Waals surface area (Å²) in [6, 6.07) is 5.49. The van der Waals surface area contributed by atoms with Crippen molar-refractivity contribution in [3.63, 3.8) is 0 Å². The first-order valence-corrected chi connectivity index (χ1v) is 10.5. The second kappa shape index (κ2) is 7.97. The summed E-state index contributed by atoms with van der Waals surface area (Å²) in [6.45, 7) is 4.45. The van der Waals surface area contributed by atoms with Gasteiger partial charge in [-0.1, -0.05) is 13.3 Å². The third kappa shape index (κ3) is 3.79. The van der Waals surface area contributed by atoms with E-state index in [9.17, 15) is 14.0 Å². The number of thiazole rings is 1. The van der Waals surface area contributed by atoms with Gasteiger partial charge in [-0.25, -0.2) is 9.37 Å². The first kappa shape index (κ1) is 19.0. The highest BCUT2D eigenvalue weighted by Gasteiger charge is 2.42. The highest BCUT2D eigenvalue weighted by Crippen LogP contribution is 2.24. The molecule has 8 heteroatoms. The Bertz CT molecular complexity index is 869. The van der Waals surface area contributed by atoms with Gasteiger partial charge in [0.25, 0.3) is 0 Å². The van der Waals surface area contributed by atoms with Gasteiger partial charge in [-0.05, 0) is 30.7 Å². The number of carbonyl (C=O) groups excluding carboxylic acids is 2. The van der Waals surface area contributed by atoms with E-state index in [4.69, 9.17) is 0 Å². The molecule has 4 rings (SSSR count). The van der Waals surface area contributed by atoms with Gasteiger partial charge in [-0.2, -0.15) is 0 Å². The Morgan fingerprint density at radius 2 is 2.04 bits per heavy atom.